The maximum atomic E-state index is 12.1. The molecule has 1 heterocycles. The standard InChI is InChI=1S/C24H33N3O2/c1-5-9-20(23(28)29)21-17(3)25-24(27(4)19-10-7-6-8-11-19)26-22(21)18-14-12-16(2)13-15-18/h12-15,19-20H,5-11H2,1-4H3,(H,28,29). The van der Waals surface area contributed by atoms with Gasteiger partial charge in [0.1, 0.15) is 0 Å². The van der Waals surface area contributed by atoms with Crippen LogP contribution in [0.4, 0.5) is 5.95 Å². The van der Waals surface area contributed by atoms with Crippen molar-refractivity contribution in [1.29, 1.82) is 0 Å². The van der Waals surface area contributed by atoms with Gasteiger partial charge in [0.05, 0.1) is 11.6 Å². The minimum absolute atomic E-state index is 0.450. The number of nitrogens with zero attached hydrogens (tertiary/aromatic N) is 3. The van der Waals surface area contributed by atoms with Crippen LogP contribution in [0.2, 0.25) is 0 Å². The number of hydrogen-bond acceptors (Lipinski definition) is 4. The van der Waals surface area contributed by atoms with E-state index in [4.69, 9.17) is 9.97 Å². The molecule has 0 aliphatic heterocycles. The van der Waals surface area contributed by atoms with Gasteiger partial charge in [0.25, 0.3) is 0 Å². The van der Waals surface area contributed by atoms with Crippen molar-refractivity contribution in [3.8, 4) is 11.3 Å². The van der Waals surface area contributed by atoms with E-state index in [0.717, 1.165) is 41.8 Å². The molecule has 1 fully saturated rings. The van der Waals surface area contributed by atoms with Gasteiger partial charge in [0.15, 0.2) is 0 Å². The fourth-order valence-corrected chi connectivity index (χ4v) is 4.38. The first-order valence-electron chi connectivity index (χ1n) is 10.8. The number of anilines is 1. The lowest BCUT2D eigenvalue weighted by Crippen LogP contribution is -2.35. The largest absolute Gasteiger partial charge is 0.481 e. The summed E-state index contributed by atoms with van der Waals surface area (Å²) in [5.74, 6) is -0.694. The first-order valence-corrected chi connectivity index (χ1v) is 10.8. The Kier molecular flexibility index (Phi) is 6.88. The number of benzene rings is 1. The van der Waals surface area contributed by atoms with Crippen LogP contribution in [0.15, 0.2) is 24.3 Å². The molecule has 0 radical (unpaired) electrons. The third-order valence-corrected chi connectivity index (χ3v) is 6.11. The smallest absolute Gasteiger partial charge is 0.311 e. The van der Waals surface area contributed by atoms with E-state index in [1.165, 1.54) is 24.8 Å². The van der Waals surface area contributed by atoms with E-state index in [-0.39, 0.29) is 0 Å². The highest BCUT2D eigenvalue weighted by Crippen LogP contribution is 2.35. The van der Waals surface area contributed by atoms with Crippen molar-refractivity contribution < 1.29 is 9.90 Å². The van der Waals surface area contributed by atoms with Gasteiger partial charge >= 0.3 is 5.97 Å². The van der Waals surface area contributed by atoms with Crippen LogP contribution in [0.25, 0.3) is 11.3 Å². The van der Waals surface area contributed by atoms with E-state index in [1.807, 2.05) is 26.0 Å². The monoisotopic (exact) mass is 395 g/mol. The molecule has 5 heteroatoms. The molecule has 5 nitrogen and oxygen atoms in total. The Morgan fingerprint density at radius 1 is 1.14 bits per heavy atom. The summed E-state index contributed by atoms with van der Waals surface area (Å²) in [6, 6.07) is 8.63. The van der Waals surface area contributed by atoms with Crippen LogP contribution in [0.3, 0.4) is 0 Å². The highest BCUT2D eigenvalue weighted by molar-refractivity contribution is 5.81. The Balaban J connectivity index is 2.12. The van der Waals surface area contributed by atoms with Crippen LogP contribution in [-0.2, 0) is 4.79 Å². The molecule has 1 unspecified atom stereocenters. The van der Waals surface area contributed by atoms with Crippen molar-refractivity contribution in [3.05, 3.63) is 41.1 Å². The summed E-state index contributed by atoms with van der Waals surface area (Å²) in [4.78, 5) is 24.0. The Labute approximate surface area is 174 Å². The third kappa shape index (κ3) is 4.77. The molecule has 156 valence electrons. The van der Waals surface area contributed by atoms with Crippen LogP contribution in [-0.4, -0.2) is 34.1 Å². The molecular formula is C24H33N3O2. The van der Waals surface area contributed by atoms with Crippen LogP contribution >= 0.6 is 0 Å². The van der Waals surface area contributed by atoms with Gasteiger partial charge in [-0.1, -0.05) is 62.4 Å². The number of carbonyl (C=O) groups is 1. The average molecular weight is 396 g/mol. The van der Waals surface area contributed by atoms with Crippen molar-refractivity contribution in [2.45, 2.75) is 77.7 Å². The summed E-state index contributed by atoms with van der Waals surface area (Å²) in [5, 5.41) is 9.91. The number of aromatic nitrogens is 2. The molecule has 2 aromatic rings. The van der Waals surface area contributed by atoms with Crippen LogP contribution < -0.4 is 4.90 Å². The molecule has 0 amide bonds. The highest BCUT2D eigenvalue weighted by atomic mass is 16.4. The van der Waals surface area contributed by atoms with Crippen LogP contribution in [0.1, 0.15) is 74.6 Å². The molecule has 1 aromatic carbocycles. The van der Waals surface area contributed by atoms with Crippen LogP contribution in [0, 0.1) is 13.8 Å². The second kappa shape index (κ2) is 9.38. The summed E-state index contributed by atoms with van der Waals surface area (Å²) in [6.45, 7) is 6.00. The second-order valence-corrected chi connectivity index (χ2v) is 8.32. The third-order valence-electron chi connectivity index (χ3n) is 6.11. The second-order valence-electron chi connectivity index (χ2n) is 8.32. The van der Waals surface area contributed by atoms with E-state index in [9.17, 15) is 9.90 Å². The molecule has 0 bridgehead atoms. The van der Waals surface area contributed by atoms with Crippen LogP contribution in [0.5, 0.6) is 0 Å². The lowest BCUT2D eigenvalue weighted by atomic mass is 9.89. The van der Waals surface area contributed by atoms with Gasteiger partial charge in [-0.25, -0.2) is 9.97 Å². The van der Waals surface area contributed by atoms with E-state index < -0.39 is 11.9 Å². The summed E-state index contributed by atoms with van der Waals surface area (Å²) in [7, 11) is 2.07. The normalized spacial score (nSPS) is 15.9. The fraction of sp³-hybridized carbons (Fsp3) is 0.542. The highest BCUT2D eigenvalue weighted by Gasteiger charge is 2.28. The Hall–Kier alpha value is -2.43. The molecule has 3 rings (SSSR count). The molecule has 1 aliphatic rings. The van der Waals surface area contributed by atoms with Crippen molar-refractivity contribution >= 4 is 11.9 Å². The average Bonchev–Trinajstić information content (AvgIpc) is 2.72. The van der Waals surface area contributed by atoms with Gasteiger partial charge in [-0.2, -0.15) is 0 Å². The fourth-order valence-electron chi connectivity index (χ4n) is 4.38. The summed E-state index contributed by atoms with van der Waals surface area (Å²) >= 11 is 0. The molecule has 29 heavy (non-hydrogen) atoms. The SMILES string of the molecule is CCCC(C(=O)O)c1c(C)nc(N(C)C2CCCCC2)nc1-c1ccc(C)cc1. The minimum Gasteiger partial charge on any atom is -0.481 e. The van der Waals surface area contributed by atoms with Crippen molar-refractivity contribution in [2.75, 3.05) is 11.9 Å². The number of rotatable bonds is 7. The minimum atomic E-state index is -0.805. The summed E-state index contributed by atoms with van der Waals surface area (Å²) in [6.07, 6.45) is 7.49. The molecule has 1 aromatic heterocycles. The maximum absolute atomic E-state index is 12.1. The number of carboxylic acid groups (broad SMARTS) is 1. The van der Waals surface area contributed by atoms with Gasteiger partial charge in [-0.05, 0) is 33.1 Å². The maximum Gasteiger partial charge on any atom is 0.311 e. The number of aliphatic carboxylic acids is 1. The van der Waals surface area contributed by atoms with Crippen molar-refractivity contribution in [1.82, 2.24) is 9.97 Å². The number of aryl methyl sites for hydroxylation is 2. The topological polar surface area (TPSA) is 66.3 Å². The molecule has 0 spiro atoms. The molecule has 1 saturated carbocycles. The lowest BCUT2D eigenvalue weighted by Gasteiger charge is -2.32. The zero-order chi connectivity index (χ0) is 21.0. The van der Waals surface area contributed by atoms with Gasteiger partial charge < -0.3 is 10.0 Å². The predicted molar refractivity (Wildman–Crippen MR) is 118 cm³/mol. The zero-order valence-electron chi connectivity index (χ0n) is 18.1. The van der Waals surface area contributed by atoms with Gasteiger partial charge in [-0.3, -0.25) is 4.79 Å². The van der Waals surface area contributed by atoms with Crippen molar-refractivity contribution in [3.63, 3.8) is 0 Å². The molecule has 0 saturated heterocycles. The first-order chi connectivity index (χ1) is 13.9. The lowest BCUT2D eigenvalue weighted by molar-refractivity contribution is -0.139. The van der Waals surface area contributed by atoms with Gasteiger partial charge in [0, 0.05) is 29.9 Å². The first kappa shape index (κ1) is 21.3. The summed E-state index contributed by atoms with van der Waals surface area (Å²) < 4.78 is 0. The Morgan fingerprint density at radius 3 is 2.38 bits per heavy atom. The molecular weight excluding hydrogens is 362 g/mol. The van der Waals surface area contributed by atoms with Gasteiger partial charge in [0.2, 0.25) is 5.95 Å². The van der Waals surface area contributed by atoms with E-state index >= 15 is 0 Å². The zero-order valence-corrected chi connectivity index (χ0v) is 18.1. The predicted octanol–water partition coefficient (Wildman–Crippen LogP) is 5.50. The molecule has 1 aliphatic carbocycles. The quantitative estimate of drug-likeness (QED) is 0.671. The number of carboxylic acids is 1. The Bertz CT molecular complexity index is 842. The molecule has 1 atom stereocenters. The Morgan fingerprint density at radius 2 is 1.79 bits per heavy atom. The summed E-state index contributed by atoms with van der Waals surface area (Å²) in [5.41, 5.74) is 4.41. The van der Waals surface area contributed by atoms with Gasteiger partial charge in [-0.15, -0.1) is 0 Å². The van der Waals surface area contributed by atoms with E-state index in [2.05, 4.69) is 31.0 Å². The van der Waals surface area contributed by atoms with E-state index in [1.54, 1.807) is 0 Å². The van der Waals surface area contributed by atoms with E-state index in [0.29, 0.717) is 18.4 Å². The molecule has 1 N–H and O–H groups in total. The van der Waals surface area contributed by atoms with Crippen molar-refractivity contribution in [2.24, 2.45) is 0 Å². The number of hydrogen-bond donors (Lipinski definition) is 1.